The average molecular weight is 285 g/mol. The van der Waals surface area contributed by atoms with Gasteiger partial charge in [-0.15, -0.1) is 0 Å². The fourth-order valence-corrected chi connectivity index (χ4v) is 1.82. The Morgan fingerprint density at radius 1 is 1.29 bits per heavy atom. The van der Waals surface area contributed by atoms with E-state index in [9.17, 15) is 4.39 Å². The SMILES string of the molecule is CCCOc1cc(Nc2ccc(F)cc2C#N)ccc1N. The minimum absolute atomic E-state index is 0.239. The van der Waals surface area contributed by atoms with E-state index in [-0.39, 0.29) is 5.56 Å². The number of nitrogens with zero attached hydrogens (tertiary/aromatic N) is 1. The molecule has 0 fully saturated rings. The molecule has 2 rings (SSSR count). The molecule has 0 bridgehead atoms. The van der Waals surface area contributed by atoms with Gasteiger partial charge in [-0.05, 0) is 36.8 Å². The van der Waals surface area contributed by atoms with Crippen LogP contribution in [0.15, 0.2) is 36.4 Å². The molecular formula is C16H16FN3O. The topological polar surface area (TPSA) is 71.1 Å². The molecule has 5 heteroatoms. The molecule has 3 N–H and O–H groups in total. The fraction of sp³-hybridized carbons (Fsp3) is 0.188. The number of nitrogen functional groups attached to an aromatic ring is 1. The standard InChI is InChI=1S/C16H16FN3O/c1-2-7-21-16-9-13(4-5-14(16)19)20-15-6-3-12(17)8-11(15)10-18/h3-6,8-9,20H,2,7,19H2,1H3. The van der Waals surface area contributed by atoms with Crippen LogP contribution in [0.5, 0.6) is 5.75 Å². The fourth-order valence-electron chi connectivity index (χ4n) is 1.82. The van der Waals surface area contributed by atoms with Gasteiger partial charge in [0.05, 0.1) is 23.5 Å². The van der Waals surface area contributed by atoms with Crippen molar-refractivity contribution in [2.45, 2.75) is 13.3 Å². The molecule has 4 nitrogen and oxygen atoms in total. The highest BCUT2D eigenvalue weighted by molar-refractivity contribution is 5.70. The summed E-state index contributed by atoms with van der Waals surface area (Å²) >= 11 is 0. The summed E-state index contributed by atoms with van der Waals surface area (Å²) in [5, 5.41) is 12.1. The Hall–Kier alpha value is -2.74. The second-order valence-corrected chi connectivity index (χ2v) is 4.53. The van der Waals surface area contributed by atoms with Gasteiger partial charge in [0.15, 0.2) is 0 Å². The van der Waals surface area contributed by atoms with Crippen LogP contribution in [0, 0.1) is 17.1 Å². The molecule has 2 aromatic rings. The first-order valence-corrected chi connectivity index (χ1v) is 6.63. The maximum Gasteiger partial charge on any atom is 0.144 e. The van der Waals surface area contributed by atoms with Crippen LogP contribution < -0.4 is 15.8 Å². The lowest BCUT2D eigenvalue weighted by Crippen LogP contribution is -2.00. The van der Waals surface area contributed by atoms with Gasteiger partial charge in [0.2, 0.25) is 0 Å². The third kappa shape index (κ3) is 3.63. The lowest BCUT2D eigenvalue weighted by atomic mass is 10.1. The van der Waals surface area contributed by atoms with Crippen LogP contribution in [0.3, 0.4) is 0 Å². The van der Waals surface area contributed by atoms with Crippen molar-refractivity contribution in [3.63, 3.8) is 0 Å². The van der Waals surface area contributed by atoms with Gasteiger partial charge in [-0.2, -0.15) is 5.26 Å². The monoisotopic (exact) mass is 285 g/mol. The van der Waals surface area contributed by atoms with Crippen LogP contribution >= 0.6 is 0 Å². The van der Waals surface area contributed by atoms with E-state index in [0.29, 0.717) is 23.7 Å². The number of rotatable bonds is 5. The van der Waals surface area contributed by atoms with Crippen molar-refractivity contribution in [3.05, 3.63) is 47.8 Å². The van der Waals surface area contributed by atoms with Crippen molar-refractivity contribution in [1.82, 2.24) is 0 Å². The summed E-state index contributed by atoms with van der Waals surface area (Å²) in [6.07, 6.45) is 0.883. The molecule has 108 valence electrons. The summed E-state index contributed by atoms with van der Waals surface area (Å²) in [5.41, 5.74) is 7.89. The average Bonchev–Trinajstić information content (AvgIpc) is 2.49. The molecule has 0 aromatic heterocycles. The molecule has 0 radical (unpaired) electrons. The third-order valence-electron chi connectivity index (χ3n) is 2.86. The summed E-state index contributed by atoms with van der Waals surface area (Å²) in [4.78, 5) is 0. The third-order valence-corrected chi connectivity index (χ3v) is 2.86. The van der Waals surface area contributed by atoms with Gasteiger partial charge in [0.1, 0.15) is 17.6 Å². The van der Waals surface area contributed by atoms with Crippen molar-refractivity contribution < 1.29 is 9.13 Å². The highest BCUT2D eigenvalue weighted by Gasteiger charge is 2.06. The summed E-state index contributed by atoms with van der Waals surface area (Å²) in [6.45, 7) is 2.59. The van der Waals surface area contributed by atoms with Crippen molar-refractivity contribution in [2.75, 3.05) is 17.7 Å². The van der Waals surface area contributed by atoms with Crippen molar-refractivity contribution in [3.8, 4) is 11.8 Å². The van der Waals surface area contributed by atoms with E-state index in [1.54, 1.807) is 18.2 Å². The van der Waals surface area contributed by atoms with Crippen LogP contribution in [0.1, 0.15) is 18.9 Å². The normalized spacial score (nSPS) is 9.95. The van der Waals surface area contributed by atoms with Gasteiger partial charge in [-0.3, -0.25) is 0 Å². The lowest BCUT2D eigenvalue weighted by Gasteiger charge is -2.12. The zero-order valence-electron chi connectivity index (χ0n) is 11.7. The van der Waals surface area contributed by atoms with Crippen LogP contribution in [0.4, 0.5) is 21.5 Å². The summed E-state index contributed by atoms with van der Waals surface area (Å²) in [5.74, 6) is 0.142. The zero-order chi connectivity index (χ0) is 15.2. The molecule has 0 atom stereocenters. The van der Waals surface area contributed by atoms with E-state index in [1.807, 2.05) is 13.0 Å². The molecule has 0 aliphatic rings. The molecule has 0 unspecified atom stereocenters. The number of nitrogens with two attached hydrogens (primary N) is 1. The van der Waals surface area contributed by atoms with Crippen molar-refractivity contribution in [2.24, 2.45) is 0 Å². The van der Waals surface area contributed by atoms with Gasteiger partial charge in [-0.25, -0.2) is 4.39 Å². The number of benzene rings is 2. The first-order valence-electron chi connectivity index (χ1n) is 6.63. The van der Waals surface area contributed by atoms with Gasteiger partial charge >= 0.3 is 0 Å². The van der Waals surface area contributed by atoms with Crippen LogP contribution in [-0.4, -0.2) is 6.61 Å². The van der Waals surface area contributed by atoms with E-state index < -0.39 is 5.82 Å². The highest BCUT2D eigenvalue weighted by atomic mass is 19.1. The van der Waals surface area contributed by atoms with Crippen molar-refractivity contribution in [1.29, 1.82) is 5.26 Å². The van der Waals surface area contributed by atoms with E-state index in [0.717, 1.165) is 12.1 Å². The number of nitrogens with one attached hydrogen (secondary N) is 1. The zero-order valence-corrected chi connectivity index (χ0v) is 11.7. The number of nitriles is 1. The summed E-state index contributed by atoms with van der Waals surface area (Å²) < 4.78 is 18.7. The molecule has 0 saturated carbocycles. The Labute approximate surface area is 123 Å². The number of hydrogen-bond acceptors (Lipinski definition) is 4. The van der Waals surface area contributed by atoms with Gasteiger partial charge < -0.3 is 15.8 Å². The molecule has 0 aliphatic carbocycles. The molecule has 2 aromatic carbocycles. The molecular weight excluding hydrogens is 269 g/mol. The number of anilines is 3. The number of hydrogen-bond donors (Lipinski definition) is 2. The van der Waals surface area contributed by atoms with Gasteiger partial charge in [0.25, 0.3) is 0 Å². The van der Waals surface area contributed by atoms with E-state index in [2.05, 4.69) is 5.32 Å². The second-order valence-electron chi connectivity index (χ2n) is 4.53. The first kappa shape index (κ1) is 14.7. The Bertz CT molecular complexity index is 680. The maximum absolute atomic E-state index is 13.1. The Balaban J connectivity index is 2.26. The second kappa shape index (κ2) is 6.62. The Morgan fingerprint density at radius 2 is 2.10 bits per heavy atom. The Kier molecular flexibility index (Phi) is 4.62. The van der Waals surface area contributed by atoms with Crippen molar-refractivity contribution >= 4 is 17.1 Å². The predicted octanol–water partition coefficient (Wildman–Crippen LogP) is 3.81. The molecule has 0 heterocycles. The molecule has 0 spiro atoms. The first-order chi connectivity index (χ1) is 10.1. The predicted molar refractivity (Wildman–Crippen MR) is 81.0 cm³/mol. The molecule has 0 amide bonds. The smallest absolute Gasteiger partial charge is 0.144 e. The van der Waals surface area contributed by atoms with Gasteiger partial charge in [0, 0.05) is 11.8 Å². The van der Waals surface area contributed by atoms with Crippen LogP contribution in [0.2, 0.25) is 0 Å². The largest absolute Gasteiger partial charge is 0.491 e. The van der Waals surface area contributed by atoms with Crippen LogP contribution in [0.25, 0.3) is 0 Å². The number of ether oxygens (including phenoxy) is 1. The number of halogens is 1. The maximum atomic E-state index is 13.1. The van der Waals surface area contributed by atoms with E-state index in [4.69, 9.17) is 15.7 Å². The summed E-state index contributed by atoms with van der Waals surface area (Å²) in [6, 6.07) is 11.2. The molecule has 21 heavy (non-hydrogen) atoms. The van der Waals surface area contributed by atoms with Gasteiger partial charge in [-0.1, -0.05) is 6.92 Å². The van der Waals surface area contributed by atoms with Crippen LogP contribution in [-0.2, 0) is 0 Å². The van der Waals surface area contributed by atoms with E-state index >= 15 is 0 Å². The minimum atomic E-state index is -0.443. The van der Waals surface area contributed by atoms with E-state index in [1.165, 1.54) is 18.2 Å². The minimum Gasteiger partial charge on any atom is -0.491 e. The molecule has 0 aliphatic heterocycles. The molecule has 0 saturated heterocycles. The Morgan fingerprint density at radius 3 is 2.81 bits per heavy atom. The highest BCUT2D eigenvalue weighted by Crippen LogP contribution is 2.28. The summed E-state index contributed by atoms with van der Waals surface area (Å²) in [7, 11) is 0. The quantitative estimate of drug-likeness (QED) is 0.819. The lowest BCUT2D eigenvalue weighted by molar-refractivity contribution is 0.319.